The molecular formula is C22H17Cl2N5O3. The molecule has 0 aliphatic carbocycles. The number of nitrogens with two attached hydrogens (primary N) is 1. The van der Waals surface area contributed by atoms with Gasteiger partial charge in [-0.15, -0.1) is 5.10 Å². The molecule has 1 aromatic heterocycles. The topological polar surface area (TPSA) is 126 Å². The summed E-state index contributed by atoms with van der Waals surface area (Å²) in [6.07, 6.45) is 0. The number of carbonyl (C=O) groups is 1. The van der Waals surface area contributed by atoms with Crippen molar-refractivity contribution in [2.45, 2.75) is 12.8 Å². The first-order chi connectivity index (χ1) is 15.4. The minimum Gasteiger partial charge on any atom is -0.483 e. The highest BCUT2D eigenvalue weighted by Crippen LogP contribution is 2.45. The van der Waals surface area contributed by atoms with Gasteiger partial charge in [0.2, 0.25) is 11.8 Å². The number of halogens is 2. The fourth-order valence-corrected chi connectivity index (χ4v) is 4.05. The number of ether oxygens (including phenoxy) is 2. The Kier molecular flexibility index (Phi) is 5.95. The van der Waals surface area contributed by atoms with Gasteiger partial charge in [0.15, 0.2) is 6.61 Å². The number of rotatable bonds is 5. The number of aromatic nitrogens is 2. The van der Waals surface area contributed by atoms with Crippen LogP contribution in [0, 0.1) is 18.3 Å². The van der Waals surface area contributed by atoms with E-state index >= 15 is 0 Å². The number of amides is 1. The third kappa shape index (κ3) is 4.21. The number of aryl methyl sites for hydroxylation is 1. The molecule has 3 aromatic rings. The van der Waals surface area contributed by atoms with Crippen molar-refractivity contribution in [1.82, 2.24) is 10.2 Å². The summed E-state index contributed by atoms with van der Waals surface area (Å²) in [6, 6.07) is 14.0. The number of nitriles is 1. The van der Waals surface area contributed by atoms with E-state index in [0.717, 1.165) is 5.69 Å². The zero-order valence-electron chi connectivity index (χ0n) is 16.8. The number of anilines is 1. The van der Waals surface area contributed by atoms with Crippen LogP contribution in [0.5, 0.6) is 11.6 Å². The van der Waals surface area contributed by atoms with Crippen molar-refractivity contribution in [3.63, 3.8) is 0 Å². The number of H-pyrrole nitrogens is 1. The van der Waals surface area contributed by atoms with Crippen molar-refractivity contribution in [2.75, 3.05) is 11.9 Å². The normalized spacial score (nSPS) is 14.9. The van der Waals surface area contributed by atoms with Gasteiger partial charge in [-0.25, -0.2) is 0 Å². The first kappa shape index (κ1) is 21.6. The molecule has 0 radical (unpaired) electrons. The van der Waals surface area contributed by atoms with Crippen LogP contribution in [-0.2, 0) is 4.79 Å². The molecule has 1 amide bonds. The predicted octanol–water partition coefficient (Wildman–Crippen LogP) is 4.26. The molecule has 32 heavy (non-hydrogen) atoms. The number of allylic oxidation sites excluding steroid dienone is 1. The average molecular weight is 470 g/mol. The molecule has 10 heteroatoms. The van der Waals surface area contributed by atoms with Gasteiger partial charge < -0.3 is 20.5 Å². The van der Waals surface area contributed by atoms with Gasteiger partial charge >= 0.3 is 0 Å². The summed E-state index contributed by atoms with van der Waals surface area (Å²) in [4.78, 5) is 12.4. The zero-order valence-corrected chi connectivity index (χ0v) is 18.3. The number of fused-ring (bicyclic) bond motifs is 1. The minimum atomic E-state index is -0.562. The number of hydrogen-bond acceptors (Lipinski definition) is 6. The van der Waals surface area contributed by atoms with Gasteiger partial charge in [-0.05, 0) is 31.2 Å². The van der Waals surface area contributed by atoms with E-state index in [1.807, 2.05) is 13.0 Å². The lowest BCUT2D eigenvalue weighted by Gasteiger charge is -2.25. The summed E-state index contributed by atoms with van der Waals surface area (Å²) < 4.78 is 11.3. The number of hydrogen-bond donors (Lipinski definition) is 3. The lowest BCUT2D eigenvalue weighted by molar-refractivity contribution is -0.118. The Morgan fingerprint density at radius 3 is 2.75 bits per heavy atom. The van der Waals surface area contributed by atoms with E-state index < -0.39 is 11.8 Å². The maximum absolute atomic E-state index is 12.4. The largest absolute Gasteiger partial charge is 0.483 e. The van der Waals surface area contributed by atoms with Crippen molar-refractivity contribution in [3.8, 4) is 17.7 Å². The molecule has 162 valence electrons. The smallest absolute Gasteiger partial charge is 0.262 e. The van der Waals surface area contributed by atoms with Crippen LogP contribution in [0.1, 0.15) is 22.7 Å². The molecule has 8 nitrogen and oxygen atoms in total. The molecule has 2 heterocycles. The monoisotopic (exact) mass is 469 g/mol. The quantitative estimate of drug-likeness (QED) is 0.512. The average Bonchev–Trinajstić information content (AvgIpc) is 3.11. The SMILES string of the molecule is Cc1[nH]nc2c1C(c1ccccc1OCC(=O)Nc1cc(Cl)cc(Cl)c1)C(C#N)=C(N)O2. The maximum atomic E-state index is 12.4. The van der Waals surface area contributed by atoms with Gasteiger partial charge in [0.25, 0.3) is 5.91 Å². The number of benzene rings is 2. The van der Waals surface area contributed by atoms with Crippen LogP contribution in [0.4, 0.5) is 5.69 Å². The molecule has 0 saturated heterocycles. The first-order valence-corrected chi connectivity index (χ1v) is 10.2. The zero-order chi connectivity index (χ0) is 22.8. The number of nitrogens with zero attached hydrogens (tertiary/aromatic N) is 2. The van der Waals surface area contributed by atoms with Gasteiger partial charge in [0.05, 0.1) is 5.92 Å². The van der Waals surface area contributed by atoms with Gasteiger partial charge in [-0.1, -0.05) is 41.4 Å². The van der Waals surface area contributed by atoms with E-state index in [9.17, 15) is 10.1 Å². The molecule has 0 spiro atoms. The van der Waals surface area contributed by atoms with E-state index in [0.29, 0.717) is 38.5 Å². The highest BCUT2D eigenvalue weighted by molar-refractivity contribution is 6.35. The number of carbonyl (C=O) groups excluding carboxylic acids is 1. The number of para-hydroxylation sites is 1. The summed E-state index contributed by atoms with van der Waals surface area (Å²) >= 11 is 11.9. The molecule has 0 saturated carbocycles. The molecule has 4 rings (SSSR count). The Bertz CT molecular complexity index is 1260. The molecule has 0 bridgehead atoms. The highest BCUT2D eigenvalue weighted by atomic mass is 35.5. The molecule has 2 aromatic carbocycles. The van der Waals surface area contributed by atoms with Crippen molar-refractivity contribution >= 4 is 34.8 Å². The van der Waals surface area contributed by atoms with E-state index in [1.54, 1.807) is 36.4 Å². The molecule has 1 atom stereocenters. The lowest BCUT2D eigenvalue weighted by atomic mass is 9.83. The summed E-state index contributed by atoms with van der Waals surface area (Å²) in [5, 5.41) is 20.2. The molecule has 1 unspecified atom stereocenters. The third-order valence-electron chi connectivity index (χ3n) is 4.86. The number of aromatic amines is 1. The van der Waals surface area contributed by atoms with Crippen LogP contribution in [0.3, 0.4) is 0 Å². The highest BCUT2D eigenvalue weighted by Gasteiger charge is 2.35. The van der Waals surface area contributed by atoms with Crippen LogP contribution in [0.2, 0.25) is 10.0 Å². The Labute approximate surface area is 193 Å². The van der Waals surface area contributed by atoms with Crippen molar-refractivity contribution in [3.05, 3.63) is 80.8 Å². The predicted molar refractivity (Wildman–Crippen MR) is 120 cm³/mol. The van der Waals surface area contributed by atoms with Crippen molar-refractivity contribution in [2.24, 2.45) is 5.73 Å². The minimum absolute atomic E-state index is 0.0260. The maximum Gasteiger partial charge on any atom is 0.262 e. The Hall–Kier alpha value is -3.67. The van der Waals surface area contributed by atoms with Gasteiger partial charge in [0, 0.05) is 32.6 Å². The van der Waals surface area contributed by atoms with Crippen LogP contribution < -0.4 is 20.5 Å². The Balaban J connectivity index is 1.60. The summed E-state index contributed by atoms with van der Waals surface area (Å²) in [6.45, 7) is 1.55. The third-order valence-corrected chi connectivity index (χ3v) is 5.30. The molecule has 0 fully saturated rings. The first-order valence-electron chi connectivity index (χ1n) is 9.47. The van der Waals surface area contributed by atoms with Gasteiger partial charge in [-0.3, -0.25) is 9.89 Å². The van der Waals surface area contributed by atoms with E-state index in [1.165, 1.54) is 0 Å². The van der Waals surface area contributed by atoms with Crippen LogP contribution in [0.25, 0.3) is 0 Å². The molecule has 1 aliphatic heterocycles. The summed E-state index contributed by atoms with van der Waals surface area (Å²) in [7, 11) is 0. The Morgan fingerprint density at radius 2 is 2.03 bits per heavy atom. The summed E-state index contributed by atoms with van der Waals surface area (Å²) in [5.74, 6) is -0.267. The second-order valence-corrected chi connectivity index (χ2v) is 7.90. The Morgan fingerprint density at radius 1 is 1.31 bits per heavy atom. The second kappa shape index (κ2) is 8.83. The summed E-state index contributed by atoms with van der Waals surface area (Å²) in [5.41, 5.74) is 8.73. The molecule has 4 N–H and O–H groups in total. The van der Waals surface area contributed by atoms with Gasteiger partial charge in [-0.2, -0.15) is 5.26 Å². The second-order valence-electron chi connectivity index (χ2n) is 7.03. The lowest BCUT2D eigenvalue weighted by Crippen LogP contribution is -2.23. The molecular weight excluding hydrogens is 453 g/mol. The van der Waals surface area contributed by atoms with Crippen molar-refractivity contribution < 1.29 is 14.3 Å². The standard InChI is InChI=1S/C22H17Cl2N5O3/c1-11-19-20(16(9-25)21(26)32-22(19)29-28-11)15-4-2-3-5-17(15)31-10-18(30)27-14-7-12(23)6-13(24)8-14/h2-8,20H,10,26H2,1H3,(H,27,30)(H,28,29). The van der Waals surface area contributed by atoms with Crippen LogP contribution in [-0.4, -0.2) is 22.7 Å². The fourth-order valence-electron chi connectivity index (χ4n) is 3.53. The number of nitrogens with one attached hydrogen (secondary N) is 2. The molecule has 1 aliphatic rings. The fraction of sp³-hybridized carbons (Fsp3) is 0.136. The van der Waals surface area contributed by atoms with E-state index in [-0.39, 0.29) is 18.1 Å². The van der Waals surface area contributed by atoms with Gasteiger partial charge in [0.1, 0.15) is 17.4 Å². The van der Waals surface area contributed by atoms with E-state index in [2.05, 4.69) is 21.6 Å². The van der Waals surface area contributed by atoms with Crippen LogP contribution in [0.15, 0.2) is 53.9 Å². The van der Waals surface area contributed by atoms with E-state index in [4.69, 9.17) is 38.4 Å². The van der Waals surface area contributed by atoms with Crippen molar-refractivity contribution in [1.29, 1.82) is 5.26 Å². The van der Waals surface area contributed by atoms with Crippen LogP contribution >= 0.6 is 23.2 Å².